The van der Waals surface area contributed by atoms with Crippen LogP contribution in [0.1, 0.15) is 24.2 Å². The number of halogens is 2. The highest BCUT2D eigenvalue weighted by molar-refractivity contribution is 6.34. The summed E-state index contributed by atoms with van der Waals surface area (Å²) in [6.45, 7) is 5.64. The zero-order chi connectivity index (χ0) is 13.5. The molecule has 0 fully saturated rings. The lowest BCUT2D eigenvalue weighted by Gasteiger charge is -2.08. The number of carbonyl (C=O) groups excluding carboxylic acids is 1. The maximum absolute atomic E-state index is 11.7. The first-order valence-corrected chi connectivity index (χ1v) is 6.31. The lowest BCUT2D eigenvalue weighted by atomic mass is 10.2. The van der Waals surface area contributed by atoms with E-state index in [-0.39, 0.29) is 21.8 Å². The Morgan fingerprint density at radius 2 is 2.17 bits per heavy atom. The van der Waals surface area contributed by atoms with Crippen molar-refractivity contribution in [3.8, 4) is 0 Å². The van der Waals surface area contributed by atoms with E-state index in [4.69, 9.17) is 27.9 Å². The van der Waals surface area contributed by atoms with Crippen LogP contribution in [0.3, 0.4) is 0 Å². The van der Waals surface area contributed by atoms with E-state index in [9.17, 15) is 4.79 Å². The molecule has 100 valence electrons. The number of rotatable bonds is 6. The molecule has 0 aliphatic carbocycles. The second-order valence-corrected chi connectivity index (χ2v) is 4.84. The van der Waals surface area contributed by atoms with Gasteiger partial charge in [0.05, 0.1) is 12.2 Å². The second kappa shape index (κ2) is 7.51. The summed E-state index contributed by atoms with van der Waals surface area (Å²) in [6.07, 6.45) is 0. The third-order valence-electron chi connectivity index (χ3n) is 1.95. The van der Waals surface area contributed by atoms with Crippen molar-refractivity contribution >= 4 is 29.1 Å². The summed E-state index contributed by atoms with van der Waals surface area (Å²) in [4.78, 5) is 11.7. The molecular formula is C11H15Cl2N3O2. The Bertz CT molecular complexity index is 413. The summed E-state index contributed by atoms with van der Waals surface area (Å²) in [5.41, 5.74) is 0.209. The van der Waals surface area contributed by atoms with Crippen LogP contribution in [0.25, 0.3) is 0 Å². The minimum atomic E-state index is -0.343. The number of hydrogen-bond donors (Lipinski definition) is 1. The molecule has 0 saturated heterocycles. The van der Waals surface area contributed by atoms with Crippen LogP contribution in [0.2, 0.25) is 10.3 Å². The van der Waals surface area contributed by atoms with E-state index in [2.05, 4.69) is 29.4 Å². The van der Waals surface area contributed by atoms with E-state index in [1.165, 1.54) is 6.07 Å². The number of ether oxygens (including phenoxy) is 1. The van der Waals surface area contributed by atoms with Crippen LogP contribution in [0, 0.1) is 5.92 Å². The Kier molecular flexibility index (Phi) is 6.32. The maximum atomic E-state index is 11.7. The summed E-state index contributed by atoms with van der Waals surface area (Å²) in [5.74, 6) is 0.128. The predicted octanol–water partition coefficient (Wildman–Crippen LogP) is 2.19. The number of carbonyl (C=O) groups is 1. The fourth-order valence-corrected chi connectivity index (χ4v) is 1.49. The first-order valence-electron chi connectivity index (χ1n) is 5.55. The SMILES string of the molecule is CC(C)COCCNC(=O)c1cc(Cl)nnc1Cl. The zero-order valence-corrected chi connectivity index (χ0v) is 11.8. The third-order valence-corrected chi connectivity index (χ3v) is 2.41. The summed E-state index contributed by atoms with van der Waals surface area (Å²) in [6, 6.07) is 1.38. The van der Waals surface area contributed by atoms with E-state index in [1.54, 1.807) is 0 Å². The van der Waals surface area contributed by atoms with Crippen LogP contribution in [0.15, 0.2) is 6.07 Å². The van der Waals surface area contributed by atoms with Crippen molar-refractivity contribution in [2.24, 2.45) is 5.92 Å². The molecule has 7 heteroatoms. The van der Waals surface area contributed by atoms with Gasteiger partial charge < -0.3 is 10.1 Å². The van der Waals surface area contributed by atoms with Crippen molar-refractivity contribution in [3.63, 3.8) is 0 Å². The molecule has 0 spiro atoms. The van der Waals surface area contributed by atoms with Crippen molar-refractivity contribution in [2.75, 3.05) is 19.8 Å². The standard InChI is InChI=1S/C11H15Cl2N3O2/c1-7(2)6-18-4-3-14-11(17)8-5-9(12)15-16-10(8)13/h5,7H,3-4,6H2,1-2H3,(H,14,17). The summed E-state index contributed by atoms with van der Waals surface area (Å²) in [7, 11) is 0. The van der Waals surface area contributed by atoms with Gasteiger partial charge in [-0.2, -0.15) is 0 Å². The van der Waals surface area contributed by atoms with Crippen molar-refractivity contribution in [1.29, 1.82) is 0 Å². The number of amides is 1. The van der Waals surface area contributed by atoms with Gasteiger partial charge in [0.2, 0.25) is 0 Å². The van der Waals surface area contributed by atoms with Gasteiger partial charge in [-0.3, -0.25) is 4.79 Å². The highest BCUT2D eigenvalue weighted by Crippen LogP contribution is 2.14. The molecule has 1 heterocycles. The zero-order valence-electron chi connectivity index (χ0n) is 10.2. The molecule has 1 aromatic rings. The summed E-state index contributed by atoms with van der Waals surface area (Å²) in [5, 5.41) is 9.91. The Morgan fingerprint density at radius 1 is 1.44 bits per heavy atom. The lowest BCUT2D eigenvalue weighted by Crippen LogP contribution is -2.28. The largest absolute Gasteiger partial charge is 0.379 e. The molecule has 1 aromatic heterocycles. The number of hydrogen-bond acceptors (Lipinski definition) is 4. The Hall–Kier alpha value is -0.910. The number of nitrogens with one attached hydrogen (secondary N) is 1. The molecule has 1 rings (SSSR count). The van der Waals surface area contributed by atoms with Gasteiger partial charge in [-0.25, -0.2) is 0 Å². The molecular weight excluding hydrogens is 277 g/mol. The monoisotopic (exact) mass is 291 g/mol. The van der Waals surface area contributed by atoms with Crippen molar-refractivity contribution in [1.82, 2.24) is 15.5 Å². The predicted molar refractivity (Wildman–Crippen MR) is 70.0 cm³/mol. The van der Waals surface area contributed by atoms with E-state index in [0.29, 0.717) is 25.7 Å². The topological polar surface area (TPSA) is 64.1 Å². The summed E-state index contributed by atoms with van der Waals surface area (Å²) < 4.78 is 5.33. The minimum Gasteiger partial charge on any atom is -0.379 e. The normalized spacial score (nSPS) is 10.7. The average molecular weight is 292 g/mol. The van der Waals surface area contributed by atoms with Crippen molar-refractivity contribution in [2.45, 2.75) is 13.8 Å². The first-order chi connectivity index (χ1) is 8.50. The highest BCUT2D eigenvalue weighted by Gasteiger charge is 2.12. The number of nitrogens with zero attached hydrogens (tertiary/aromatic N) is 2. The van der Waals surface area contributed by atoms with Crippen LogP contribution in [0.5, 0.6) is 0 Å². The molecule has 1 N–H and O–H groups in total. The Morgan fingerprint density at radius 3 is 2.83 bits per heavy atom. The molecule has 0 bridgehead atoms. The maximum Gasteiger partial charge on any atom is 0.254 e. The molecule has 0 saturated carbocycles. The van der Waals surface area contributed by atoms with Crippen LogP contribution >= 0.6 is 23.2 Å². The third kappa shape index (κ3) is 5.16. The molecule has 0 aliphatic heterocycles. The molecule has 0 atom stereocenters. The lowest BCUT2D eigenvalue weighted by molar-refractivity contribution is 0.0886. The van der Waals surface area contributed by atoms with Gasteiger partial charge in [-0.1, -0.05) is 37.0 Å². The first kappa shape index (κ1) is 15.1. The quantitative estimate of drug-likeness (QED) is 0.816. The van der Waals surface area contributed by atoms with Crippen LogP contribution in [-0.4, -0.2) is 35.9 Å². The fraction of sp³-hybridized carbons (Fsp3) is 0.545. The van der Waals surface area contributed by atoms with Gasteiger partial charge in [0.15, 0.2) is 10.3 Å². The second-order valence-electron chi connectivity index (χ2n) is 4.10. The minimum absolute atomic E-state index is 0.0278. The van der Waals surface area contributed by atoms with Gasteiger partial charge in [-0.05, 0) is 12.0 Å². The number of aromatic nitrogens is 2. The molecule has 0 aliphatic rings. The van der Waals surface area contributed by atoms with Gasteiger partial charge in [0.1, 0.15) is 0 Å². The molecule has 5 nitrogen and oxygen atoms in total. The summed E-state index contributed by atoms with van der Waals surface area (Å²) >= 11 is 11.4. The Balaban J connectivity index is 2.39. The van der Waals surface area contributed by atoms with Crippen LogP contribution in [0.4, 0.5) is 0 Å². The van der Waals surface area contributed by atoms with Crippen molar-refractivity contribution < 1.29 is 9.53 Å². The van der Waals surface area contributed by atoms with E-state index in [1.807, 2.05) is 0 Å². The van der Waals surface area contributed by atoms with Crippen LogP contribution in [-0.2, 0) is 4.74 Å². The Labute approximate surface area is 116 Å². The van der Waals surface area contributed by atoms with Gasteiger partial charge in [0.25, 0.3) is 5.91 Å². The van der Waals surface area contributed by atoms with E-state index in [0.717, 1.165) is 0 Å². The molecule has 18 heavy (non-hydrogen) atoms. The van der Waals surface area contributed by atoms with E-state index < -0.39 is 0 Å². The van der Waals surface area contributed by atoms with Gasteiger partial charge >= 0.3 is 0 Å². The van der Waals surface area contributed by atoms with Crippen molar-refractivity contribution in [3.05, 3.63) is 21.9 Å². The highest BCUT2D eigenvalue weighted by atomic mass is 35.5. The smallest absolute Gasteiger partial charge is 0.254 e. The van der Waals surface area contributed by atoms with Gasteiger partial charge in [0, 0.05) is 13.2 Å². The molecule has 0 aromatic carbocycles. The molecule has 0 radical (unpaired) electrons. The molecule has 1 amide bonds. The molecule has 0 unspecified atom stereocenters. The van der Waals surface area contributed by atoms with Crippen LogP contribution < -0.4 is 5.32 Å². The van der Waals surface area contributed by atoms with Gasteiger partial charge in [-0.15, -0.1) is 10.2 Å². The average Bonchev–Trinajstić information content (AvgIpc) is 2.31. The fourth-order valence-electron chi connectivity index (χ4n) is 1.16. The van der Waals surface area contributed by atoms with E-state index >= 15 is 0 Å².